The summed E-state index contributed by atoms with van der Waals surface area (Å²) >= 11 is 0. The van der Waals surface area contributed by atoms with Crippen LogP contribution in [0.15, 0.2) is 18.5 Å². The number of methoxy groups -OCH3 is 1. The lowest BCUT2D eigenvalue weighted by Crippen LogP contribution is -2.26. The van der Waals surface area contributed by atoms with Gasteiger partial charge in [-0.05, 0) is 24.6 Å². The van der Waals surface area contributed by atoms with Crippen LogP contribution in [-0.4, -0.2) is 33.7 Å². The average Bonchev–Trinajstić information content (AvgIpc) is 3.08. The topological polar surface area (TPSA) is 98.1 Å². The minimum atomic E-state index is -0.212. The zero-order chi connectivity index (χ0) is 18.0. The Morgan fingerprint density at radius 2 is 2.24 bits per heavy atom. The molecule has 0 spiro atoms. The number of amides is 2. The van der Waals surface area contributed by atoms with Gasteiger partial charge >= 0.3 is 0 Å². The maximum atomic E-state index is 12.2. The molecule has 3 rings (SSSR count). The number of nitrogens with zero attached hydrogens (tertiary/aromatic N) is 3. The summed E-state index contributed by atoms with van der Waals surface area (Å²) in [5.74, 6) is 0.857. The maximum absolute atomic E-state index is 12.2. The van der Waals surface area contributed by atoms with Gasteiger partial charge in [-0.3, -0.25) is 9.59 Å². The monoisotopic (exact) mass is 343 g/mol. The van der Waals surface area contributed by atoms with Crippen LogP contribution in [0, 0.1) is 0 Å². The Hall–Kier alpha value is -2.90. The molecule has 1 aromatic heterocycles. The Kier molecular flexibility index (Phi) is 4.69. The molecule has 1 aliphatic rings. The fourth-order valence-corrected chi connectivity index (χ4v) is 3.01. The van der Waals surface area contributed by atoms with E-state index in [2.05, 4.69) is 20.7 Å². The second kappa shape index (κ2) is 6.92. The van der Waals surface area contributed by atoms with Gasteiger partial charge < -0.3 is 15.4 Å². The van der Waals surface area contributed by atoms with Crippen molar-refractivity contribution in [3.05, 3.63) is 29.8 Å². The van der Waals surface area contributed by atoms with Crippen molar-refractivity contribution in [1.82, 2.24) is 14.8 Å². The third-order valence-corrected chi connectivity index (χ3v) is 4.26. The Balaban J connectivity index is 2.08. The number of hydrogen-bond donors (Lipinski definition) is 2. The summed E-state index contributed by atoms with van der Waals surface area (Å²) in [6.45, 7) is 4.42. The first-order valence-corrected chi connectivity index (χ1v) is 8.26. The number of hydrogen-bond acceptors (Lipinski definition) is 5. The van der Waals surface area contributed by atoms with Crippen molar-refractivity contribution >= 4 is 23.2 Å². The molecule has 1 aliphatic heterocycles. The Morgan fingerprint density at radius 3 is 2.92 bits per heavy atom. The number of carbonyl (C=O) groups excluding carboxylic acids is 2. The molecule has 2 amide bonds. The predicted molar refractivity (Wildman–Crippen MR) is 92.7 cm³/mol. The molecule has 1 unspecified atom stereocenters. The Labute approximate surface area is 145 Å². The molecule has 2 heterocycles. The van der Waals surface area contributed by atoms with E-state index in [1.165, 1.54) is 6.33 Å². The second-order valence-electron chi connectivity index (χ2n) is 5.78. The lowest BCUT2D eigenvalue weighted by Gasteiger charge is -2.27. The van der Waals surface area contributed by atoms with Crippen molar-refractivity contribution in [3.63, 3.8) is 0 Å². The van der Waals surface area contributed by atoms with Gasteiger partial charge in [0.1, 0.15) is 17.9 Å². The molecule has 1 aromatic carbocycles. The second-order valence-corrected chi connectivity index (χ2v) is 5.78. The smallest absolute Gasteiger partial charge is 0.225 e. The van der Waals surface area contributed by atoms with Gasteiger partial charge in [0.2, 0.25) is 11.8 Å². The maximum Gasteiger partial charge on any atom is 0.225 e. The summed E-state index contributed by atoms with van der Waals surface area (Å²) in [5.41, 5.74) is 2.08. The number of rotatable bonds is 5. The van der Waals surface area contributed by atoms with Gasteiger partial charge in [0.15, 0.2) is 0 Å². The molecule has 0 bridgehead atoms. The van der Waals surface area contributed by atoms with E-state index in [-0.39, 0.29) is 24.2 Å². The van der Waals surface area contributed by atoms with Gasteiger partial charge in [-0.1, -0.05) is 6.92 Å². The standard InChI is InChI=1S/C17H21N5O3/c1-4-15(23)21-13-8-12-10(6-14(13)25-3)11(7-16(24)20-12)17-18-9-19-22(17)5-2/h6,8-9,11H,4-5,7H2,1-3H3,(H,20,24)(H,21,23). The van der Waals surface area contributed by atoms with Crippen molar-refractivity contribution in [2.24, 2.45) is 0 Å². The van der Waals surface area contributed by atoms with Crippen LogP contribution in [0.1, 0.15) is 44.0 Å². The number of aryl methyl sites for hydroxylation is 1. The minimum absolute atomic E-state index is 0.0962. The van der Waals surface area contributed by atoms with E-state index in [1.807, 2.05) is 13.0 Å². The number of fused-ring (bicyclic) bond motifs is 1. The number of benzene rings is 1. The minimum Gasteiger partial charge on any atom is -0.495 e. The van der Waals surface area contributed by atoms with Crippen molar-refractivity contribution in [3.8, 4) is 5.75 Å². The van der Waals surface area contributed by atoms with Crippen LogP contribution >= 0.6 is 0 Å². The quantitative estimate of drug-likeness (QED) is 0.866. The van der Waals surface area contributed by atoms with Crippen LogP contribution in [0.3, 0.4) is 0 Å². The zero-order valence-electron chi connectivity index (χ0n) is 14.5. The Morgan fingerprint density at radius 1 is 1.44 bits per heavy atom. The van der Waals surface area contributed by atoms with Crippen LogP contribution in [-0.2, 0) is 16.1 Å². The lowest BCUT2D eigenvalue weighted by molar-refractivity contribution is -0.117. The van der Waals surface area contributed by atoms with E-state index in [4.69, 9.17) is 4.74 Å². The molecule has 0 fully saturated rings. The molecule has 25 heavy (non-hydrogen) atoms. The molecule has 0 saturated heterocycles. The SMILES string of the molecule is CCC(=O)Nc1cc2c(cc1OC)C(c1ncnn1CC)CC(=O)N2. The third-order valence-electron chi connectivity index (χ3n) is 4.26. The highest BCUT2D eigenvalue weighted by Crippen LogP contribution is 2.41. The van der Waals surface area contributed by atoms with Gasteiger partial charge in [-0.25, -0.2) is 9.67 Å². The van der Waals surface area contributed by atoms with Crippen molar-refractivity contribution in [2.45, 2.75) is 39.2 Å². The first-order valence-electron chi connectivity index (χ1n) is 8.26. The van der Waals surface area contributed by atoms with Crippen LogP contribution in [0.4, 0.5) is 11.4 Å². The summed E-state index contributed by atoms with van der Waals surface area (Å²) in [6.07, 6.45) is 2.14. The molecule has 0 saturated carbocycles. The van der Waals surface area contributed by atoms with Gasteiger partial charge in [0, 0.05) is 25.1 Å². The molecule has 0 aliphatic carbocycles. The largest absolute Gasteiger partial charge is 0.495 e. The average molecular weight is 343 g/mol. The number of aromatic nitrogens is 3. The van der Waals surface area contributed by atoms with E-state index in [0.29, 0.717) is 30.1 Å². The normalized spacial score (nSPS) is 16.1. The van der Waals surface area contributed by atoms with Gasteiger partial charge in [-0.15, -0.1) is 0 Å². The lowest BCUT2D eigenvalue weighted by atomic mass is 9.89. The number of anilines is 2. The first-order chi connectivity index (χ1) is 12.1. The molecule has 8 nitrogen and oxygen atoms in total. The molecular weight excluding hydrogens is 322 g/mol. The summed E-state index contributed by atoms with van der Waals surface area (Å²) in [4.78, 5) is 28.3. The highest BCUT2D eigenvalue weighted by molar-refractivity contribution is 5.98. The molecule has 8 heteroatoms. The van der Waals surface area contributed by atoms with E-state index >= 15 is 0 Å². The number of carbonyl (C=O) groups is 2. The van der Waals surface area contributed by atoms with Crippen LogP contribution in [0.5, 0.6) is 5.75 Å². The summed E-state index contributed by atoms with van der Waals surface area (Å²) in [6, 6.07) is 3.58. The highest BCUT2D eigenvalue weighted by Gasteiger charge is 2.31. The fourth-order valence-electron chi connectivity index (χ4n) is 3.01. The van der Waals surface area contributed by atoms with E-state index in [0.717, 1.165) is 11.4 Å². The van der Waals surface area contributed by atoms with Crippen LogP contribution in [0.25, 0.3) is 0 Å². The van der Waals surface area contributed by atoms with Crippen molar-refractivity contribution in [1.29, 1.82) is 0 Å². The van der Waals surface area contributed by atoms with E-state index < -0.39 is 0 Å². The first kappa shape index (κ1) is 16.9. The molecule has 2 N–H and O–H groups in total. The molecule has 0 radical (unpaired) electrons. The van der Waals surface area contributed by atoms with Crippen LogP contribution in [0.2, 0.25) is 0 Å². The predicted octanol–water partition coefficient (Wildman–Crippen LogP) is 2.13. The molecular formula is C17H21N5O3. The van der Waals surface area contributed by atoms with E-state index in [1.54, 1.807) is 24.8 Å². The molecule has 1 atom stereocenters. The highest BCUT2D eigenvalue weighted by atomic mass is 16.5. The van der Waals surface area contributed by atoms with Crippen molar-refractivity contribution < 1.29 is 14.3 Å². The summed E-state index contributed by atoms with van der Waals surface area (Å²) in [5, 5.41) is 9.87. The van der Waals surface area contributed by atoms with E-state index in [9.17, 15) is 9.59 Å². The zero-order valence-corrected chi connectivity index (χ0v) is 14.5. The van der Waals surface area contributed by atoms with Crippen LogP contribution < -0.4 is 15.4 Å². The summed E-state index contributed by atoms with van der Waals surface area (Å²) < 4.78 is 7.22. The summed E-state index contributed by atoms with van der Waals surface area (Å²) in [7, 11) is 1.55. The molecule has 2 aromatic rings. The van der Waals surface area contributed by atoms with Gasteiger partial charge in [-0.2, -0.15) is 5.10 Å². The van der Waals surface area contributed by atoms with Crippen molar-refractivity contribution in [2.75, 3.05) is 17.7 Å². The fraction of sp³-hybridized carbons (Fsp3) is 0.412. The number of nitrogens with one attached hydrogen (secondary N) is 2. The Bertz CT molecular complexity index is 815. The third kappa shape index (κ3) is 3.19. The van der Waals surface area contributed by atoms with Gasteiger partial charge in [0.05, 0.1) is 18.7 Å². The number of ether oxygens (including phenoxy) is 1. The molecule has 132 valence electrons. The van der Waals surface area contributed by atoms with Gasteiger partial charge in [0.25, 0.3) is 0 Å².